The predicted molar refractivity (Wildman–Crippen MR) is 111 cm³/mol. The van der Waals surface area contributed by atoms with Gasteiger partial charge in [0.15, 0.2) is 0 Å². The molecule has 0 spiro atoms. The molecule has 6 nitrogen and oxygen atoms in total. The number of halogens is 1. The molecule has 2 atom stereocenters. The van der Waals surface area contributed by atoms with Gasteiger partial charge in [-0.3, -0.25) is 4.79 Å². The fourth-order valence-corrected chi connectivity index (χ4v) is 3.46. The first-order chi connectivity index (χ1) is 14.0. The van der Waals surface area contributed by atoms with E-state index in [0.29, 0.717) is 30.3 Å². The van der Waals surface area contributed by atoms with Gasteiger partial charge < -0.3 is 25.0 Å². The van der Waals surface area contributed by atoms with Crippen molar-refractivity contribution >= 4 is 17.6 Å². The van der Waals surface area contributed by atoms with Crippen LogP contribution in [0, 0.1) is 0 Å². The van der Waals surface area contributed by atoms with E-state index in [0.717, 1.165) is 29.7 Å². The van der Waals surface area contributed by atoms with Crippen LogP contribution in [0.15, 0.2) is 42.5 Å². The number of benzene rings is 2. The first-order valence-corrected chi connectivity index (χ1v) is 10.2. The van der Waals surface area contributed by atoms with Crippen LogP contribution < -0.4 is 14.8 Å². The van der Waals surface area contributed by atoms with Gasteiger partial charge in [-0.1, -0.05) is 35.9 Å². The lowest BCUT2D eigenvalue weighted by Gasteiger charge is -2.27. The van der Waals surface area contributed by atoms with E-state index >= 15 is 0 Å². The SMILES string of the molecule is O=C(O)CCc1ccc2c(c1)CC[C@H](CNC[C@H](O)COc1ccccc1Cl)O2. The van der Waals surface area contributed by atoms with Gasteiger partial charge in [-0.15, -0.1) is 0 Å². The number of aliphatic hydroxyl groups is 1. The molecule has 0 radical (unpaired) electrons. The van der Waals surface area contributed by atoms with Crippen LogP contribution in [0.1, 0.15) is 24.0 Å². The summed E-state index contributed by atoms with van der Waals surface area (Å²) in [6.07, 6.45) is 1.80. The van der Waals surface area contributed by atoms with Gasteiger partial charge in [-0.2, -0.15) is 0 Å². The van der Waals surface area contributed by atoms with E-state index in [9.17, 15) is 9.90 Å². The van der Waals surface area contributed by atoms with Gasteiger partial charge >= 0.3 is 5.97 Å². The molecule has 0 unspecified atom stereocenters. The zero-order chi connectivity index (χ0) is 20.6. The number of aliphatic carboxylic acids is 1. The van der Waals surface area contributed by atoms with E-state index in [2.05, 4.69) is 5.32 Å². The molecule has 0 amide bonds. The summed E-state index contributed by atoms with van der Waals surface area (Å²) in [6, 6.07) is 13.1. The molecule has 0 saturated heterocycles. The second-order valence-electron chi connectivity index (χ2n) is 7.17. The smallest absolute Gasteiger partial charge is 0.303 e. The van der Waals surface area contributed by atoms with E-state index in [-0.39, 0.29) is 19.1 Å². The van der Waals surface area contributed by atoms with Gasteiger partial charge in [0.1, 0.15) is 30.3 Å². The predicted octanol–water partition coefficient (Wildman–Crippen LogP) is 3.08. The van der Waals surface area contributed by atoms with Crippen LogP contribution in [-0.4, -0.2) is 48.1 Å². The summed E-state index contributed by atoms with van der Waals surface area (Å²) in [7, 11) is 0. The molecule has 2 aromatic carbocycles. The Balaban J connectivity index is 1.39. The van der Waals surface area contributed by atoms with Gasteiger partial charge in [0.25, 0.3) is 0 Å². The molecule has 1 aliphatic rings. The zero-order valence-electron chi connectivity index (χ0n) is 16.1. The molecule has 3 rings (SSSR count). The van der Waals surface area contributed by atoms with Crippen molar-refractivity contribution in [1.29, 1.82) is 0 Å². The van der Waals surface area contributed by atoms with Crippen molar-refractivity contribution in [2.45, 2.75) is 37.9 Å². The normalized spacial score (nSPS) is 16.6. The molecule has 0 bridgehead atoms. The highest BCUT2D eigenvalue weighted by Gasteiger charge is 2.20. The molecular weight excluding hydrogens is 394 g/mol. The van der Waals surface area contributed by atoms with E-state index in [1.807, 2.05) is 30.3 Å². The third kappa shape index (κ3) is 6.63. The quantitative estimate of drug-likeness (QED) is 0.548. The highest BCUT2D eigenvalue weighted by Crippen LogP contribution is 2.29. The van der Waals surface area contributed by atoms with Crippen LogP contribution in [0.25, 0.3) is 0 Å². The monoisotopic (exact) mass is 419 g/mol. The van der Waals surface area contributed by atoms with Crippen LogP contribution >= 0.6 is 11.6 Å². The Kier molecular flexibility index (Phi) is 7.75. The lowest BCUT2D eigenvalue weighted by Crippen LogP contribution is -2.39. The molecule has 29 heavy (non-hydrogen) atoms. The average Bonchev–Trinajstić information content (AvgIpc) is 2.71. The lowest BCUT2D eigenvalue weighted by atomic mass is 9.98. The highest BCUT2D eigenvalue weighted by molar-refractivity contribution is 6.32. The van der Waals surface area contributed by atoms with Gasteiger partial charge in [0.2, 0.25) is 0 Å². The third-order valence-electron chi connectivity index (χ3n) is 4.80. The standard InChI is InChI=1S/C22H26ClNO5/c23-19-3-1-2-4-21(19)28-14-17(25)12-24-13-18-8-7-16-11-15(6-10-22(26)27)5-9-20(16)29-18/h1-5,9,11,17-18,24-25H,6-8,10,12-14H2,(H,26,27)/t17-,18+/m0/s1. The summed E-state index contributed by atoms with van der Waals surface area (Å²) in [6.45, 7) is 1.18. The maximum atomic E-state index is 10.7. The van der Waals surface area contributed by atoms with Crippen molar-refractivity contribution in [3.8, 4) is 11.5 Å². The fourth-order valence-electron chi connectivity index (χ4n) is 3.27. The highest BCUT2D eigenvalue weighted by atomic mass is 35.5. The van der Waals surface area contributed by atoms with Crippen LogP contribution in [0.3, 0.4) is 0 Å². The maximum absolute atomic E-state index is 10.7. The molecule has 1 heterocycles. The molecule has 156 valence electrons. The Hall–Kier alpha value is -2.28. The molecule has 7 heteroatoms. The summed E-state index contributed by atoms with van der Waals surface area (Å²) in [5.74, 6) is 0.623. The number of hydrogen-bond donors (Lipinski definition) is 3. The number of hydrogen-bond acceptors (Lipinski definition) is 5. The summed E-state index contributed by atoms with van der Waals surface area (Å²) in [4.78, 5) is 10.7. The molecule has 0 saturated carbocycles. The van der Waals surface area contributed by atoms with E-state index < -0.39 is 12.1 Å². The number of carbonyl (C=O) groups is 1. The van der Waals surface area contributed by atoms with Gasteiger partial charge in [0, 0.05) is 19.5 Å². The Morgan fingerprint density at radius 3 is 2.93 bits per heavy atom. The van der Waals surface area contributed by atoms with Crippen molar-refractivity contribution < 1.29 is 24.5 Å². The Bertz CT molecular complexity index is 829. The van der Waals surface area contributed by atoms with Crippen LogP contribution in [0.4, 0.5) is 0 Å². The van der Waals surface area contributed by atoms with Crippen LogP contribution in [0.5, 0.6) is 11.5 Å². The summed E-state index contributed by atoms with van der Waals surface area (Å²) in [5, 5.41) is 22.7. The number of rotatable bonds is 10. The molecule has 0 aromatic heterocycles. The number of carboxylic acids is 1. The topological polar surface area (TPSA) is 88.0 Å². The molecule has 0 aliphatic carbocycles. The van der Waals surface area contributed by atoms with Crippen molar-refractivity contribution in [1.82, 2.24) is 5.32 Å². The van der Waals surface area contributed by atoms with Crippen LogP contribution in [0.2, 0.25) is 5.02 Å². The molecule has 0 fully saturated rings. The minimum atomic E-state index is -0.787. The average molecular weight is 420 g/mol. The number of para-hydroxylation sites is 1. The largest absolute Gasteiger partial charge is 0.489 e. The first kappa shape index (κ1) is 21.4. The van der Waals surface area contributed by atoms with Crippen molar-refractivity contribution in [3.63, 3.8) is 0 Å². The van der Waals surface area contributed by atoms with Gasteiger partial charge in [-0.25, -0.2) is 0 Å². The molecule has 3 N–H and O–H groups in total. The lowest BCUT2D eigenvalue weighted by molar-refractivity contribution is -0.136. The number of aryl methyl sites for hydroxylation is 2. The van der Waals surface area contributed by atoms with Crippen LogP contribution in [-0.2, 0) is 17.6 Å². The van der Waals surface area contributed by atoms with Gasteiger partial charge in [0.05, 0.1) is 5.02 Å². The zero-order valence-corrected chi connectivity index (χ0v) is 16.9. The second kappa shape index (κ2) is 10.5. The number of fused-ring (bicyclic) bond motifs is 1. The number of ether oxygens (including phenoxy) is 2. The number of nitrogens with one attached hydrogen (secondary N) is 1. The summed E-state index contributed by atoms with van der Waals surface area (Å²) < 4.78 is 11.6. The van der Waals surface area contributed by atoms with E-state index in [1.165, 1.54) is 0 Å². The third-order valence-corrected chi connectivity index (χ3v) is 5.11. The first-order valence-electron chi connectivity index (χ1n) is 9.77. The van der Waals surface area contributed by atoms with Crippen molar-refractivity contribution in [2.75, 3.05) is 19.7 Å². The Labute approximate surface area is 175 Å². The fraction of sp³-hybridized carbons (Fsp3) is 0.409. The maximum Gasteiger partial charge on any atom is 0.303 e. The molecule has 1 aliphatic heterocycles. The number of aliphatic hydroxyl groups excluding tert-OH is 1. The number of carboxylic acid groups (broad SMARTS) is 1. The minimum Gasteiger partial charge on any atom is -0.489 e. The van der Waals surface area contributed by atoms with Gasteiger partial charge in [-0.05, 0) is 48.6 Å². The summed E-state index contributed by atoms with van der Waals surface area (Å²) >= 11 is 6.03. The summed E-state index contributed by atoms with van der Waals surface area (Å²) in [5.41, 5.74) is 2.14. The van der Waals surface area contributed by atoms with Crippen molar-refractivity contribution in [2.24, 2.45) is 0 Å². The molecule has 2 aromatic rings. The van der Waals surface area contributed by atoms with E-state index in [4.69, 9.17) is 26.2 Å². The molecular formula is C22H26ClNO5. The van der Waals surface area contributed by atoms with E-state index in [1.54, 1.807) is 12.1 Å². The van der Waals surface area contributed by atoms with Crippen molar-refractivity contribution in [3.05, 3.63) is 58.6 Å². The minimum absolute atomic E-state index is 0.0315. The Morgan fingerprint density at radius 2 is 2.14 bits per heavy atom. The second-order valence-corrected chi connectivity index (χ2v) is 7.58. The Morgan fingerprint density at radius 1 is 1.31 bits per heavy atom.